The number of carbonyl (C=O) groups is 2. The Balaban J connectivity index is 2.15. The Kier molecular flexibility index (Phi) is 8.13. The van der Waals surface area contributed by atoms with Crippen LogP contribution in [0, 0.1) is 0 Å². The van der Waals surface area contributed by atoms with Crippen LogP contribution in [0.4, 0.5) is 0 Å². The van der Waals surface area contributed by atoms with E-state index in [0.29, 0.717) is 15.2 Å². The number of amides is 2. The van der Waals surface area contributed by atoms with Gasteiger partial charge in [0.05, 0.1) is 4.47 Å². The van der Waals surface area contributed by atoms with Crippen molar-refractivity contribution in [3.63, 3.8) is 0 Å². The summed E-state index contributed by atoms with van der Waals surface area (Å²) in [4.78, 5) is 26.4. The molecule has 27 heavy (non-hydrogen) atoms. The highest BCUT2D eigenvalue weighted by molar-refractivity contribution is 9.10. The van der Waals surface area contributed by atoms with Gasteiger partial charge in [0, 0.05) is 23.1 Å². The quantitative estimate of drug-likeness (QED) is 0.591. The summed E-state index contributed by atoms with van der Waals surface area (Å²) in [6.45, 7) is 1.78. The molecule has 1 atom stereocenters. The van der Waals surface area contributed by atoms with E-state index in [1.807, 2.05) is 24.3 Å². The average Bonchev–Trinajstić information content (AvgIpc) is 2.64. The molecule has 0 aliphatic heterocycles. The lowest BCUT2D eigenvalue weighted by molar-refractivity contribution is -0.142. The fourth-order valence-electron chi connectivity index (χ4n) is 2.44. The zero-order valence-electron chi connectivity index (χ0n) is 14.8. The number of rotatable bonds is 7. The summed E-state index contributed by atoms with van der Waals surface area (Å²) in [5, 5.41) is 3.14. The zero-order chi connectivity index (χ0) is 20.0. The molecule has 2 amide bonds. The monoisotopic (exact) mass is 516 g/mol. The van der Waals surface area contributed by atoms with E-state index < -0.39 is 6.04 Å². The van der Waals surface area contributed by atoms with E-state index in [9.17, 15) is 9.59 Å². The minimum atomic E-state index is -0.640. The lowest BCUT2D eigenvalue weighted by Crippen LogP contribution is -2.48. The van der Waals surface area contributed by atoms with Gasteiger partial charge in [-0.15, -0.1) is 0 Å². The van der Waals surface area contributed by atoms with Gasteiger partial charge in [-0.25, -0.2) is 0 Å². The van der Waals surface area contributed by atoms with Crippen molar-refractivity contribution in [1.82, 2.24) is 10.2 Å². The van der Waals surface area contributed by atoms with Crippen molar-refractivity contribution in [2.75, 3.05) is 13.7 Å². The fraction of sp³-hybridized carbons (Fsp3) is 0.263. The van der Waals surface area contributed by atoms with E-state index in [4.69, 9.17) is 16.3 Å². The predicted molar refractivity (Wildman–Crippen MR) is 113 cm³/mol. The first-order chi connectivity index (χ1) is 12.8. The van der Waals surface area contributed by atoms with E-state index in [-0.39, 0.29) is 25.0 Å². The second-order valence-corrected chi connectivity index (χ2v) is 8.01. The topological polar surface area (TPSA) is 58.6 Å². The molecule has 0 aromatic heterocycles. The molecule has 0 aliphatic carbocycles. The van der Waals surface area contributed by atoms with Gasteiger partial charge >= 0.3 is 0 Å². The third-order valence-corrected chi connectivity index (χ3v) is 5.25. The second-order valence-electron chi connectivity index (χ2n) is 5.81. The van der Waals surface area contributed by atoms with Gasteiger partial charge in [-0.05, 0) is 58.7 Å². The first-order valence-electron chi connectivity index (χ1n) is 8.15. The Labute approximate surface area is 180 Å². The molecule has 8 heteroatoms. The molecule has 0 saturated heterocycles. The summed E-state index contributed by atoms with van der Waals surface area (Å²) in [7, 11) is 1.54. The molecule has 0 radical (unpaired) electrons. The van der Waals surface area contributed by atoms with Crippen molar-refractivity contribution in [1.29, 1.82) is 0 Å². The molecule has 1 N–H and O–H groups in total. The molecular formula is C19H19Br2ClN2O3. The van der Waals surface area contributed by atoms with Crippen molar-refractivity contribution in [3.8, 4) is 5.75 Å². The fourth-order valence-corrected chi connectivity index (χ4v) is 3.68. The van der Waals surface area contributed by atoms with Crippen LogP contribution in [0.15, 0.2) is 51.4 Å². The van der Waals surface area contributed by atoms with E-state index in [0.717, 1.165) is 10.0 Å². The summed E-state index contributed by atoms with van der Waals surface area (Å²) in [6.07, 6.45) is 0. The molecule has 0 saturated carbocycles. The molecule has 0 spiro atoms. The number of nitrogens with one attached hydrogen (secondary N) is 1. The molecule has 144 valence electrons. The molecule has 5 nitrogen and oxygen atoms in total. The highest BCUT2D eigenvalue weighted by Gasteiger charge is 2.26. The third kappa shape index (κ3) is 6.23. The van der Waals surface area contributed by atoms with Crippen LogP contribution in [0.2, 0.25) is 5.02 Å². The average molecular weight is 519 g/mol. The van der Waals surface area contributed by atoms with E-state index in [2.05, 4.69) is 37.2 Å². The van der Waals surface area contributed by atoms with Crippen LogP contribution in [0.5, 0.6) is 5.75 Å². The number of likely N-dealkylation sites (N-methyl/N-ethyl adjacent to an activating group) is 1. The first kappa shape index (κ1) is 21.7. The molecule has 2 rings (SSSR count). The highest BCUT2D eigenvalue weighted by atomic mass is 79.9. The number of benzene rings is 2. The lowest BCUT2D eigenvalue weighted by atomic mass is 10.1. The number of halogens is 3. The minimum Gasteiger partial charge on any atom is -0.483 e. The minimum absolute atomic E-state index is 0.199. The summed E-state index contributed by atoms with van der Waals surface area (Å²) >= 11 is 12.7. The number of hydrogen-bond donors (Lipinski definition) is 1. The molecule has 0 aliphatic rings. The summed E-state index contributed by atoms with van der Waals surface area (Å²) in [6, 6.07) is 12.0. The van der Waals surface area contributed by atoms with Crippen LogP contribution in [0.3, 0.4) is 0 Å². The van der Waals surface area contributed by atoms with Crippen LogP contribution in [-0.2, 0) is 16.1 Å². The maximum atomic E-state index is 12.8. The van der Waals surface area contributed by atoms with Crippen LogP contribution in [-0.4, -0.2) is 36.4 Å². The lowest BCUT2D eigenvalue weighted by Gasteiger charge is -2.28. The molecule has 0 unspecified atom stereocenters. The largest absolute Gasteiger partial charge is 0.483 e. The number of hydrogen-bond acceptors (Lipinski definition) is 3. The SMILES string of the molecule is CNC(=O)[C@@H](C)N(Cc1cccc(Br)c1)C(=O)COc1ccc(Cl)cc1Br. The van der Waals surface area contributed by atoms with Crippen molar-refractivity contribution < 1.29 is 14.3 Å². The van der Waals surface area contributed by atoms with Crippen LogP contribution < -0.4 is 10.1 Å². The molecule has 0 fully saturated rings. The van der Waals surface area contributed by atoms with Crippen LogP contribution in [0.1, 0.15) is 12.5 Å². The number of nitrogens with zero attached hydrogens (tertiary/aromatic N) is 1. The number of ether oxygens (including phenoxy) is 1. The van der Waals surface area contributed by atoms with Crippen molar-refractivity contribution in [2.24, 2.45) is 0 Å². The smallest absolute Gasteiger partial charge is 0.261 e. The van der Waals surface area contributed by atoms with Crippen LogP contribution >= 0.6 is 43.5 Å². The van der Waals surface area contributed by atoms with Gasteiger partial charge < -0.3 is 15.0 Å². The van der Waals surface area contributed by atoms with Crippen molar-refractivity contribution >= 4 is 55.3 Å². The predicted octanol–water partition coefficient (Wildman–Crippen LogP) is 4.41. The van der Waals surface area contributed by atoms with E-state index >= 15 is 0 Å². The highest BCUT2D eigenvalue weighted by Crippen LogP contribution is 2.28. The molecular weight excluding hydrogens is 499 g/mol. The maximum absolute atomic E-state index is 12.8. The standard InChI is InChI=1S/C19H19Br2ClN2O3/c1-12(19(26)23-2)24(10-13-4-3-5-14(20)8-13)18(25)11-27-17-7-6-15(22)9-16(17)21/h3-9,12H,10-11H2,1-2H3,(H,23,26)/t12-/m1/s1. The number of carbonyl (C=O) groups excluding carboxylic acids is 2. The molecule has 2 aromatic carbocycles. The first-order valence-corrected chi connectivity index (χ1v) is 10.1. The second kappa shape index (κ2) is 10.1. The Bertz CT molecular complexity index is 832. The summed E-state index contributed by atoms with van der Waals surface area (Å²) < 4.78 is 7.18. The van der Waals surface area contributed by atoms with Gasteiger partial charge in [-0.1, -0.05) is 39.7 Å². The zero-order valence-corrected chi connectivity index (χ0v) is 18.8. The van der Waals surface area contributed by atoms with Crippen LogP contribution in [0.25, 0.3) is 0 Å². The van der Waals surface area contributed by atoms with Crippen molar-refractivity contribution in [2.45, 2.75) is 19.5 Å². The van der Waals surface area contributed by atoms with Gasteiger partial charge in [-0.3, -0.25) is 9.59 Å². The van der Waals surface area contributed by atoms with Gasteiger partial charge in [0.2, 0.25) is 5.91 Å². The Morgan fingerprint density at radius 2 is 1.96 bits per heavy atom. The van der Waals surface area contributed by atoms with Gasteiger partial charge in [0.25, 0.3) is 5.91 Å². The normalized spacial score (nSPS) is 11.6. The van der Waals surface area contributed by atoms with Crippen molar-refractivity contribution in [3.05, 3.63) is 62.0 Å². The van der Waals surface area contributed by atoms with E-state index in [1.165, 1.54) is 4.90 Å². The maximum Gasteiger partial charge on any atom is 0.261 e. The molecule has 0 heterocycles. The van der Waals surface area contributed by atoms with Gasteiger partial charge in [0.1, 0.15) is 11.8 Å². The summed E-state index contributed by atoms with van der Waals surface area (Å²) in [5.41, 5.74) is 0.904. The van der Waals surface area contributed by atoms with E-state index in [1.54, 1.807) is 32.2 Å². The van der Waals surface area contributed by atoms with Gasteiger partial charge in [-0.2, -0.15) is 0 Å². The molecule has 0 bridgehead atoms. The Morgan fingerprint density at radius 3 is 2.59 bits per heavy atom. The molecule has 2 aromatic rings. The van der Waals surface area contributed by atoms with Gasteiger partial charge in [0.15, 0.2) is 6.61 Å². The Hall–Kier alpha value is -1.57. The Morgan fingerprint density at radius 1 is 1.22 bits per heavy atom. The summed E-state index contributed by atoms with van der Waals surface area (Å²) in [5.74, 6) is -0.0401. The third-order valence-electron chi connectivity index (χ3n) is 3.90.